The molecule has 0 saturated carbocycles. The van der Waals surface area contributed by atoms with Gasteiger partial charge >= 0.3 is 0 Å². The van der Waals surface area contributed by atoms with E-state index in [0.29, 0.717) is 18.0 Å². The summed E-state index contributed by atoms with van der Waals surface area (Å²) in [5, 5.41) is 0. The molecule has 1 fully saturated rings. The molecule has 0 amide bonds. The van der Waals surface area contributed by atoms with Crippen molar-refractivity contribution in [3.8, 4) is 0 Å². The summed E-state index contributed by atoms with van der Waals surface area (Å²) in [5.74, 6) is 0.256. The minimum atomic E-state index is -3.48. The van der Waals surface area contributed by atoms with Crippen LogP contribution < -0.4 is 5.73 Å². The number of piperidine rings is 1. The molecule has 3 rings (SSSR count). The monoisotopic (exact) mass is 344 g/mol. The van der Waals surface area contributed by atoms with E-state index in [2.05, 4.69) is 12.1 Å². The van der Waals surface area contributed by atoms with Gasteiger partial charge in [0.2, 0.25) is 10.0 Å². The van der Waals surface area contributed by atoms with Gasteiger partial charge in [-0.15, -0.1) is 0 Å². The molecular formula is C19H24N2O2S. The Kier molecular flexibility index (Phi) is 5.04. The normalized spacial score (nSPS) is 20.7. The van der Waals surface area contributed by atoms with Crippen LogP contribution in [0.15, 0.2) is 59.5 Å². The highest BCUT2D eigenvalue weighted by Crippen LogP contribution is 2.30. The number of sulfonamides is 1. The minimum absolute atomic E-state index is 0.182. The molecule has 0 spiro atoms. The summed E-state index contributed by atoms with van der Waals surface area (Å²) < 4.78 is 27.7. The van der Waals surface area contributed by atoms with Crippen LogP contribution in [-0.2, 0) is 10.0 Å². The smallest absolute Gasteiger partial charge is 0.243 e. The van der Waals surface area contributed by atoms with Crippen molar-refractivity contribution in [2.24, 2.45) is 5.73 Å². The van der Waals surface area contributed by atoms with E-state index in [-0.39, 0.29) is 12.0 Å². The summed E-state index contributed by atoms with van der Waals surface area (Å²) >= 11 is 0. The molecule has 128 valence electrons. The fraction of sp³-hybridized carbons (Fsp3) is 0.368. The third-order valence-corrected chi connectivity index (χ3v) is 6.54. The van der Waals surface area contributed by atoms with E-state index < -0.39 is 10.0 Å². The van der Waals surface area contributed by atoms with Crippen molar-refractivity contribution < 1.29 is 8.42 Å². The van der Waals surface area contributed by atoms with Gasteiger partial charge in [-0.3, -0.25) is 0 Å². The summed E-state index contributed by atoms with van der Waals surface area (Å²) in [4.78, 5) is 0.339. The summed E-state index contributed by atoms with van der Waals surface area (Å²) in [5.41, 5.74) is 7.94. The number of hydrogen-bond acceptors (Lipinski definition) is 3. The quantitative estimate of drug-likeness (QED) is 0.926. The molecule has 1 heterocycles. The zero-order valence-corrected chi connectivity index (χ0v) is 14.7. The van der Waals surface area contributed by atoms with Crippen molar-refractivity contribution in [2.75, 3.05) is 13.1 Å². The third-order valence-electron chi connectivity index (χ3n) is 4.68. The van der Waals surface area contributed by atoms with Crippen LogP contribution in [0.4, 0.5) is 0 Å². The lowest BCUT2D eigenvalue weighted by atomic mass is 9.92. The molecule has 4 nitrogen and oxygen atoms in total. The van der Waals surface area contributed by atoms with Crippen molar-refractivity contribution in [2.45, 2.75) is 36.6 Å². The Morgan fingerprint density at radius 2 is 1.88 bits per heavy atom. The highest BCUT2D eigenvalue weighted by molar-refractivity contribution is 7.89. The van der Waals surface area contributed by atoms with Gasteiger partial charge in [0, 0.05) is 19.1 Å². The number of rotatable bonds is 4. The van der Waals surface area contributed by atoms with Crippen LogP contribution >= 0.6 is 0 Å². The predicted molar refractivity (Wildman–Crippen MR) is 96.2 cm³/mol. The van der Waals surface area contributed by atoms with Crippen molar-refractivity contribution in [3.05, 3.63) is 65.7 Å². The van der Waals surface area contributed by atoms with E-state index >= 15 is 0 Å². The molecule has 2 unspecified atom stereocenters. The second kappa shape index (κ2) is 7.05. The number of nitrogens with zero attached hydrogens (tertiary/aromatic N) is 1. The van der Waals surface area contributed by atoms with Crippen molar-refractivity contribution in [1.29, 1.82) is 0 Å². The van der Waals surface area contributed by atoms with Gasteiger partial charge in [-0.05, 0) is 48.9 Å². The van der Waals surface area contributed by atoms with Gasteiger partial charge in [0.1, 0.15) is 0 Å². The molecule has 1 aliphatic rings. The van der Waals surface area contributed by atoms with Crippen LogP contribution in [0.25, 0.3) is 0 Å². The molecule has 0 aromatic heterocycles. The predicted octanol–water partition coefficient (Wildman–Crippen LogP) is 3.27. The van der Waals surface area contributed by atoms with E-state index in [1.165, 1.54) is 5.56 Å². The average Bonchev–Trinajstić information content (AvgIpc) is 2.62. The van der Waals surface area contributed by atoms with Crippen molar-refractivity contribution in [3.63, 3.8) is 0 Å². The van der Waals surface area contributed by atoms with E-state index in [1.807, 2.05) is 31.2 Å². The van der Waals surface area contributed by atoms with Crippen LogP contribution in [0.5, 0.6) is 0 Å². The fourth-order valence-corrected chi connectivity index (χ4v) is 4.84. The Balaban J connectivity index is 1.85. The molecule has 24 heavy (non-hydrogen) atoms. The number of hydrogen-bond donors (Lipinski definition) is 1. The van der Waals surface area contributed by atoms with Gasteiger partial charge in [0.15, 0.2) is 0 Å². The molecule has 0 radical (unpaired) electrons. The Bertz CT molecular complexity index is 788. The Morgan fingerprint density at radius 3 is 2.58 bits per heavy atom. The van der Waals surface area contributed by atoms with E-state index in [0.717, 1.165) is 18.4 Å². The van der Waals surface area contributed by atoms with Crippen molar-refractivity contribution >= 4 is 10.0 Å². The molecule has 1 saturated heterocycles. The largest absolute Gasteiger partial charge is 0.324 e. The number of benzene rings is 2. The first-order valence-electron chi connectivity index (χ1n) is 8.39. The maximum absolute atomic E-state index is 13.0. The Labute approximate surface area is 144 Å². The average molecular weight is 344 g/mol. The standard InChI is InChI=1S/C19H24N2O2S/c1-15(20)17-9-5-11-19(13-17)24(22,23)21-12-6-10-18(14-21)16-7-3-2-4-8-16/h2-5,7-9,11,13,15,18H,6,10,12,14,20H2,1H3. The van der Waals surface area contributed by atoms with Gasteiger partial charge in [0.05, 0.1) is 4.90 Å². The maximum Gasteiger partial charge on any atom is 0.243 e. The molecule has 0 aliphatic carbocycles. The summed E-state index contributed by atoms with van der Waals surface area (Å²) in [6.07, 6.45) is 1.90. The molecule has 1 aliphatic heterocycles. The SMILES string of the molecule is CC(N)c1cccc(S(=O)(=O)N2CCCC(c3ccccc3)C2)c1. The maximum atomic E-state index is 13.0. The first kappa shape index (κ1) is 17.1. The third kappa shape index (κ3) is 3.53. The summed E-state index contributed by atoms with van der Waals surface area (Å²) in [6.45, 7) is 2.97. The van der Waals surface area contributed by atoms with Crippen LogP contribution in [0.2, 0.25) is 0 Å². The lowest BCUT2D eigenvalue weighted by molar-refractivity contribution is 0.315. The molecular weight excluding hydrogens is 320 g/mol. The Morgan fingerprint density at radius 1 is 1.12 bits per heavy atom. The number of nitrogens with two attached hydrogens (primary N) is 1. The summed E-state index contributed by atoms with van der Waals surface area (Å²) in [7, 11) is -3.48. The van der Waals surface area contributed by atoms with Gasteiger partial charge in [-0.1, -0.05) is 42.5 Å². The molecule has 2 aromatic rings. The zero-order chi connectivity index (χ0) is 17.2. The van der Waals surface area contributed by atoms with Crippen LogP contribution in [0.3, 0.4) is 0 Å². The van der Waals surface area contributed by atoms with Crippen LogP contribution in [0, 0.1) is 0 Å². The minimum Gasteiger partial charge on any atom is -0.324 e. The van der Waals surface area contributed by atoms with Crippen molar-refractivity contribution in [1.82, 2.24) is 4.31 Å². The fourth-order valence-electron chi connectivity index (χ4n) is 3.27. The van der Waals surface area contributed by atoms with E-state index in [4.69, 9.17) is 5.73 Å². The first-order chi connectivity index (χ1) is 11.5. The van der Waals surface area contributed by atoms with Crippen LogP contribution in [0.1, 0.15) is 42.9 Å². The second-order valence-electron chi connectivity index (χ2n) is 6.47. The summed E-state index contributed by atoms with van der Waals surface area (Å²) in [6, 6.07) is 17.0. The first-order valence-corrected chi connectivity index (χ1v) is 9.83. The van der Waals surface area contributed by atoms with Gasteiger partial charge < -0.3 is 5.73 Å². The topological polar surface area (TPSA) is 63.4 Å². The van der Waals surface area contributed by atoms with Gasteiger partial charge in [-0.2, -0.15) is 4.31 Å². The highest BCUT2D eigenvalue weighted by Gasteiger charge is 2.31. The molecule has 5 heteroatoms. The van der Waals surface area contributed by atoms with Gasteiger partial charge in [0.25, 0.3) is 0 Å². The van der Waals surface area contributed by atoms with Gasteiger partial charge in [-0.25, -0.2) is 8.42 Å². The second-order valence-corrected chi connectivity index (χ2v) is 8.41. The molecule has 2 aromatic carbocycles. The van der Waals surface area contributed by atoms with E-state index in [1.54, 1.807) is 22.5 Å². The molecule has 2 N–H and O–H groups in total. The molecule has 2 atom stereocenters. The highest BCUT2D eigenvalue weighted by atomic mass is 32.2. The molecule has 0 bridgehead atoms. The lowest BCUT2D eigenvalue weighted by Crippen LogP contribution is -2.39. The lowest BCUT2D eigenvalue weighted by Gasteiger charge is -2.32. The van der Waals surface area contributed by atoms with E-state index in [9.17, 15) is 8.42 Å². The zero-order valence-electron chi connectivity index (χ0n) is 13.9. The Hall–Kier alpha value is -1.69. The van der Waals surface area contributed by atoms with Crippen LogP contribution in [-0.4, -0.2) is 25.8 Å².